The Morgan fingerprint density at radius 2 is 1.04 bits per heavy atom. The van der Waals surface area contributed by atoms with Crippen LogP contribution in [0.25, 0.3) is 82.3 Å². The first-order chi connectivity index (χ1) is 22.6. The Morgan fingerprint density at radius 1 is 0.478 bits per heavy atom. The van der Waals surface area contributed by atoms with Gasteiger partial charge in [0.05, 0.1) is 26.5 Å². The predicted molar refractivity (Wildman–Crippen MR) is 187 cm³/mol. The third-order valence-electron chi connectivity index (χ3n) is 9.52. The Labute approximate surface area is 264 Å². The summed E-state index contributed by atoms with van der Waals surface area (Å²) in [7, 11) is -3.70. The van der Waals surface area contributed by atoms with Crippen molar-refractivity contribution in [1.29, 1.82) is 0 Å². The van der Waals surface area contributed by atoms with Crippen LogP contribution in [0.2, 0.25) is 0 Å². The highest BCUT2D eigenvalue weighted by Gasteiger charge is 2.34. The van der Waals surface area contributed by atoms with Crippen LogP contribution in [0.1, 0.15) is 0 Å². The second-order valence-corrected chi connectivity index (χ2v) is 13.8. The molecule has 4 nitrogen and oxygen atoms in total. The number of fused-ring (bicyclic) bond motifs is 7. The highest BCUT2D eigenvalue weighted by molar-refractivity contribution is 7.92. The molecule has 0 radical (unpaired) electrons. The molecule has 0 amide bonds. The standard InChI is InChI=1S/C41H24N2O2S/c44-46(45)36-18-8-7-17-35(36)43-40-34(16-9-19-37(40)46)42-41(43)39-31-14-5-3-12-29(31)38(30-13-4-6-15-32(30)39)27-23-22-26-21-20-25-10-1-2-11-28(25)33(26)24-27/h1-24H. The van der Waals surface area contributed by atoms with Gasteiger partial charge in [0.2, 0.25) is 9.84 Å². The molecule has 0 saturated heterocycles. The number of rotatable bonds is 2. The molecule has 0 atom stereocenters. The molecule has 9 aromatic rings. The number of benzene rings is 8. The molecule has 5 heteroatoms. The van der Waals surface area contributed by atoms with Crippen LogP contribution in [0, 0.1) is 0 Å². The number of sulfone groups is 1. The van der Waals surface area contributed by atoms with Crippen LogP contribution in [0.15, 0.2) is 155 Å². The number of aromatic nitrogens is 2. The average Bonchev–Trinajstić information content (AvgIpc) is 3.49. The summed E-state index contributed by atoms with van der Waals surface area (Å²) in [5.74, 6) is 0.730. The van der Waals surface area contributed by atoms with Crippen molar-refractivity contribution in [2.24, 2.45) is 0 Å². The third-order valence-corrected chi connectivity index (χ3v) is 11.3. The van der Waals surface area contributed by atoms with Gasteiger partial charge in [-0.15, -0.1) is 0 Å². The summed E-state index contributed by atoms with van der Waals surface area (Å²) < 4.78 is 29.6. The fraction of sp³-hybridized carbons (Fsp3) is 0. The minimum atomic E-state index is -3.70. The van der Waals surface area contributed by atoms with Crippen LogP contribution in [0.4, 0.5) is 0 Å². The molecular weight excluding hydrogens is 585 g/mol. The fourth-order valence-electron chi connectivity index (χ4n) is 7.54. The normalized spacial score (nSPS) is 13.6. The van der Waals surface area contributed by atoms with E-state index in [1.165, 1.54) is 27.1 Å². The van der Waals surface area contributed by atoms with Crippen LogP contribution < -0.4 is 0 Å². The molecule has 1 aliphatic heterocycles. The first-order valence-corrected chi connectivity index (χ1v) is 16.8. The molecule has 216 valence electrons. The van der Waals surface area contributed by atoms with E-state index in [2.05, 4.69) is 108 Å². The van der Waals surface area contributed by atoms with Crippen LogP contribution >= 0.6 is 0 Å². The Hall–Kier alpha value is -5.78. The molecule has 0 unspecified atom stereocenters. The summed E-state index contributed by atoms with van der Waals surface area (Å²) in [6.45, 7) is 0. The molecule has 2 heterocycles. The van der Waals surface area contributed by atoms with Crippen molar-refractivity contribution in [3.05, 3.63) is 146 Å². The van der Waals surface area contributed by atoms with E-state index in [-0.39, 0.29) is 4.90 Å². The van der Waals surface area contributed by atoms with Gasteiger partial charge in [-0.25, -0.2) is 13.4 Å². The van der Waals surface area contributed by atoms with Crippen LogP contribution in [0.5, 0.6) is 0 Å². The Bertz CT molecular complexity index is 2830. The highest BCUT2D eigenvalue weighted by Crippen LogP contribution is 2.47. The maximum Gasteiger partial charge on any atom is 0.210 e. The van der Waals surface area contributed by atoms with Crippen LogP contribution in [-0.2, 0) is 9.84 Å². The van der Waals surface area contributed by atoms with Gasteiger partial charge in [0, 0.05) is 5.56 Å². The molecule has 1 aromatic heterocycles. The summed E-state index contributed by atoms with van der Waals surface area (Å²) >= 11 is 0. The van der Waals surface area contributed by atoms with Crippen molar-refractivity contribution in [3.8, 4) is 28.2 Å². The van der Waals surface area contributed by atoms with Crippen LogP contribution in [0.3, 0.4) is 0 Å². The van der Waals surface area contributed by atoms with E-state index in [9.17, 15) is 8.42 Å². The summed E-state index contributed by atoms with van der Waals surface area (Å²) in [4.78, 5) is 5.78. The number of hydrogen-bond donors (Lipinski definition) is 0. The molecule has 1 aliphatic rings. The highest BCUT2D eigenvalue weighted by atomic mass is 32.2. The smallest absolute Gasteiger partial charge is 0.210 e. The van der Waals surface area contributed by atoms with Gasteiger partial charge in [0.15, 0.2) is 0 Å². The Morgan fingerprint density at radius 3 is 1.78 bits per heavy atom. The molecule has 10 rings (SSSR count). The third kappa shape index (κ3) is 3.32. The Kier molecular flexibility index (Phi) is 5.07. The molecule has 0 N–H and O–H groups in total. The lowest BCUT2D eigenvalue weighted by molar-refractivity contribution is 0.594. The molecule has 0 fully saturated rings. The first-order valence-electron chi connectivity index (χ1n) is 15.3. The van der Waals surface area contributed by atoms with Gasteiger partial charge in [0.1, 0.15) is 5.82 Å². The topological polar surface area (TPSA) is 52.0 Å². The van der Waals surface area contributed by atoms with Gasteiger partial charge in [-0.05, 0) is 84.5 Å². The summed E-state index contributed by atoms with van der Waals surface area (Å²) in [6, 6.07) is 49.4. The zero-order valence-corrected chi connectivity index (χ0v) is 25.3. The van der Waals surface area contributed by atoms with Crippen molar-refractivity contribution in [3.63, 3.8) is 0 Å². The summed E-state index contributed by atoms with van der Waals surface area (Å²) in [5, 5.41) is 9.25. The number of para-hydroxylation sites is 2. The zero-order valence-electron chi connectivity index (χ0n) is 24.5. The predicted octanol–water partition coefficient (Wildman–Crippen LogP) is 10.1. The zero-order chi connectivity index (χ0) is 30.6. The second kappa shape index (κ2) is 9.13. The average molecular weight is 609 g/mol. The number of hydrogen-bond acceptors (Lipinski definition) is 3. The van der Waals surface area contributed by atoms with Crippen LogP contribution in [-0.4, -0.2) is 18.0 Å². The first kappa shape index (κ1) is 25.5. The SMILES string of the molecule is O=S1(=O)c2ccccc2-n2c(-c3c4ccccc4c(-c4ccc5ccc6ccccc6c5c4)c4ccccc34)nc3cccc1c32. The van der Waals surface area contributed by atoms with Crippen molar-refractivity contribution in [2.75, 3.05) is 0 Å². The van der Waals surface area contributed by atoms with Gasteiger partial charge in [0.25, 0.3) is 0 Å². The van der Waals surface area contributed by atoms with Gasteiger partial charge in [-0.1, -0.05) is 115 Å². The lowest BCUT2D eigenvalue weighted by Gasteiger charge is -2.22. The quantitative estimate of drug-likeness (QED) is 0.145. The van der Waals surface area contributed by atoms with Gasteiger partial charge >= 0.3 is 0 Å². The summed E-state index contributed by atoms with van der Waals surface area (Å²) in [6.07, 6.45) is 0. The monoisotopic (exact) mass is 608 g/mol. The molecule has 0 aliphatic carbocycles. The Balaban J connectivity index is 1.35. The molecule has 0 bridgehead atoms. The largest absolute Gasteiger partial charge is 0.290 e. The minimum Gasteiger partial charge on any atom is -0.290 e. The molecular formula is C41H24N2O2S. The van der Waals surface area contributed by atoms with Crippen molar-refractivity contribution < 1.29 is 8.42 Å². The van der Waals surface area contributed by atoms with E-state index in [0.29, 0.717) is 21.6 Å². The van der Waals surface area contributed by atoms with E-state index in [0.717, 1.165) is 38.5 Å². The lowest BCUT2D eigenvalue weighted by Crippen LogP contribution is -2.15. The number of nitrogens with zero attached hydrogens (tertiary/aromatic N) is 2. The van der Waals surface area contributed by atoms with Crippen molar-refractivity contribution in [1.82, 2.24) is 9.55 Å². The van der Waals surface area contributed by atoms with E-state index in [4.69, 9.17) is 4.98 Å². The molecule has 0 saturated carbocycles. The van der Waals surface area contributed by atoms with Gasteiger partial charge in [-0.2, -0.15) is 0 Å². The summed E-state index contributed by atoms with van der Waals surface area (Å²) in [5.41, 5.74) is 5.20. The lowest BCUT2D eigenvalue weighted by atomic mass is 9.87. The maximum absolute atomic E-state index is 13.8. The van der Waals surface area contributed by atoms with E-state index < -0.39 is 9.84 Å². The minimum absolute atomic E-state index is 0.288. The molecule has 46 heavy (non-hydrogen) atoms. The van der Waals surface area contributed by atoms with E-state index in [1.807, 2.05) is 18.2 Å². The van der Waals surface area contributed by atoms with E-state index in [1.54, 1.807) is 24.3 Å². The second-order valence-electron chi connectivity index (χ2n) is 11.9. The van der Waals surface area contributed by atoms with Crippen molar-refractivity contribution in [2.45, 2.75) is 9.79 Å². The fourth-order valence-corrected chi connectivity index (χ4v) is 9.18. The molecule has 0 spiro atoms. The maximum atomic E-state index is 13.8. The number of imidazole rings is 1. The van der Waals surface area contributed by atoms with Gasteiger partial charge < -0.3 is 0 Å². The van der Waals surface area contributed by atoms with E-state index >= 15 is 0 Å². The van der Waals surface area contributed by atoms with Gasteiger partial charge in [-0.3, -0.25) is 4.57 Å². The molecule has 8 aromatic carbocycles. The van der Waals surface area contributed by atoms with Crippen molar-refractivity contribution >= 4 is 64.0 Å².